The fourth-order valence-corrected chi connectivity index (χ4v) is 3.74. The van der Waals surface area contributed by atoms with Crippen molar-refractivity contribution in [3.63, 3.8) is 0 Å². The Morgan fingerprint density at radius 2 is 2.09 bits per heavy atom. The molecule has 3 rings (SSSR count). The molecule has 0 radical (unpaired) electrons. The first-order valence-electron chi connectivity index (χ1n) is 7.21. The molecule has 2 heterocycles. The fraction of sp³-hybridized carbons (Fsp3) is 0.312. The van der Waals surface area contributed by atoms with Crippen LogP contribution in [0.25, 0.3) is 0 Å². The quantitative estimate of drug-likeness (QED) is 0.812. The van der Waals surface area contributed by atoms with Crippen LogP contribution in [0.4, 0.5) is 0 Å². The van der Waals surface area contributed by atoms with Gasteiger partial charge in [0, 0.05) is 12.7 Å². The van der Waals surface area contributed by atoms with Crippen LogP contribution < -0.4 is 10.1 Å². The highest BCUT2D eigenvalue weighted by atomic mass is 32.2. The van der Waals surface area contributed by atoms with Gasteiger partial charge in [-0.15, -0.1) is 11.8 Å². The monoisotopic (exact) mass is 332 g/mol. The molecule has 1 aromatic rings. The molecule has 7 heteroatoms. The molecule has 0 aliphatic carbocycles. The molecule has 0 spiro atoms. The maximum absolute atomic E-state index is 12.2. The number of thioether (sulfide) groups is 1. The van der Waals surface area contributed by atoms with Gasteiger partial charge in [0.25, 0.3) is 11.8 Å². The first-order chi connectivity index (χ1) is 11.1. The number of nitrogens with one attached hydrogen (secondary N) is 1. The zero-order valence-electron chi connectivity index (χ0n) is 12.5. The summed E-state index contributed by atoms with van der Waals surface area (Å²) in [6.45, 7) is 1.28. The lowest BCUT2D eigenvalue weighted by atomic mass is 10.0. The zero-order chi connectivity index (χ0) is 16.4. The molecule has 1 saturated heterocycles. The molecule has 0 saturated carbocycles. The highest BCUT2D eigenvalue weighted by molar-refractivity contribution is 8.00. The van der Waals surface area contributed by atoms with E-state index in [0.29, 0.717) is 17.2 Å². The van der Waals surface area contributed by atoms with E-state index in [9.17, 15) is 14.4 Å². The normalized spacial score (nSPS) is 22.6. The Labute approximate surface area is 137 Å². The van der Waals surface area contributed by atoms with Gasteiger partial charge in [0.05, 0.1) is 5.70 Å². The lowest BCUT2D eigenvalue weighted by Crippen LogP contribution is -2.70. The van der Waals surface area contributed by atoms with Crippen molar-refractivity contribution >= 4 is 29.4 Å². The fourth-order valence-electron chi connectivity index (χ4n) is 2.54. The number of ketones is 1. The first kappa shape index (κ1) is 15.6. The number of ether oxygens (including phenoxy) is 1. The van der Waals surface area contributed by atoms with Crippen molar-refractivity contribution in [2.75, 3.05) is 12.4 Å². The van der Waals surface area contributed by atoms with Crippen LogP contribution in [-0.2, 0) is 14.4 Å². The molecule has 1 fully saturated rings. The average Bonchev–Trinajstić information content (AvgIpc) is 2.57. The molecule has 2 amide bonds. The number of fused-ring (bicyclic) bond motifs is 1. The summed E-state index contributed by atoms with van der Waals surface area (Å²) >= 11 is 1.52. The highest BCUT2D eigenvalue weighted by Gasteiger charge is 2.51. The third-order valence-corrected chi connectivity index (χ3v) is 4.82. The number of hydrogen-bond donors (Lipinski definition) is 1. The third kappa shape index (κ3) is 3.10. The molecule has 120 valence electrons. The van der Waals surface area contributed by atoms with Crippen LogP contribution in [-0.4, -0.2) is 46.3 Å². The van der Waals surface area contributed by atoms with Gasteiger partial charge in [-0.1, -0.05) is 18.2 Å². The Bertz CT molecular complexity index is 674. The number of β-lactam (4-membered cyclic amide) rings is 1. The average molecular weight is 332 g/mol. The number of amides is 2. The van der Waals surface area contributed by atoms with Crippen molar-refractivity contribution in [3.8, 4) is 5.75 Å². The van der Waals surface area contributed by atoms with Gasteiger partial charge in [0.1, 0.15) is 17.2 Å². The van der Waals surface area contributed by atoms with Crippen molar-refractivity contribution < 1.29 is 19.1 Å². The van der Waals surface area contributed by atoms with Crippen LogP contribution in [0.1, 0.15) is 6.92 Å². The van der Waals surface area contributed by atoms with Crippen molar-refractivity contribution in [3.05, 3.63) is 42.1 Å². The maximum atomic E-state index is 12.2. The Morgan fingerprint density at radius 3 is 2.78 bits per heavy atom. The second-order valence-electron chi connectivity index (χ2n) is 5.22. The van der Waals surface area contributed by atoms with Crippen molar-refractivity contribution in [2.45, 2.75) is 18.3 Å². The number of hydrogen-bond acceptors (Lipinski definition) is 5. The Hall–Kier alpha value is -2.28. The smallest absolute Gasteiger partial charge is 0.258 e. The molecular weight excluding hydrogens is 316 g/mol. The minimum Gasteiger partial charge on any atom is -0.484 e. The predicted molar refractivity (Wildman–Crippen MR) is 85.7 cm³/mol. The van der Waals surface area contributed by atoms with Gasteiger partial charge >= 0.3 is 0 Å². The summed E-state index contributed by atoms with van der Waals surface area (Å²) < 4.78 is 5.36. The van der Waals surface area contributed by atoms with E-state index in [1.165, 1.54) is 23.6 Å². The van der Waals surface area contributed by atoms with E-state index < -0.39 is 6.04 Å². The largest absolute Gasteiger partial charge is 0.484 e. The highest BCUT2D eigenvalue weighted by Crippen LogP contribution is 2.37. The van der Waals surface area contributed by atoms with E-state index in [1.807, 2.05) is 18.2 Å². The van der Waals surface area contributed by atoms with Gasteiger partial charge < -0.3 is 10.1 Å². The molecule has 0 bridgehead atoms. The molecule has 0 unspecified atom stereocenters. The van der Waals surface area contributed by atoms with Crippen LogP contribution in [0.5, 0.6) is 5.75 Å². The minimum absolute atomic E-state index is 0.138. The molecule has 0 aromatic heterocycles. The standard InChI is InChI=1S/C16H16N2O4S/c1-10(19)12-7-8-23-16-14(15(21)18(12)16)17-13(20)9-22-11-5-3-2-4-6-11/h2-7,14,16H,8-9H2,1H3,(H,17,20)/t14-,16-/m1/s1. The van der Waals surface area contributed by atoms with Crippen LogP contribution in [0.3, 0.4) is 0 Å². The zero-order valence-corrected chi connectivity index (χ0v) is 13.3. The van der Waals surface area contributed by atoms with Crippen molar-refractivity contribution in [1.82, 2.24) is 10.2 Å². The summed E-state index contributed by atoms with van der Waals surface area (Å²) in [5, 5.41) is 2.46. The summed E-state index contributed by atoms with van der Waals surface area (Å²) in [6, 6.07) is 8.39. The molecule has 2 atom stereocenters. The van der Waals surface area contributed by atoms with Crippen molar-refractivity contribution in [2.24, 2.45) is 0 Å². The van der Waals surface area contributed by atoms with Gasteiger partial charge in [-0.05, 0) is 18.2 Å². The van der Waals surface area contributed by atoms with Gasteiger partial charge in [-0.2, -0.15) is 0 Å². The van der Waals surface area contributed by atoms with Gasteiger partial charge in [-0.25, -0.2) is 0 Å². The lowest BCUT2D eigenvalue weighted by molar-refractivity contribution is -0.147. The number of carbonyl (C=O) groups is 3. The van der Waals surface area contributed by atoms with E-state index >= 15 is 0 Å². The van der Waals surface area contributed by atoms with Crippen LogP contribution >= 0.6 is 11.8 Å². The Kier molecular flexibility index (Phi) is 4.38. The van der Waals surface area contributed by atoms with E-state index in [2.05, 4.69) is 5.32 Å². The summed E-state index contributed by atoms with van der Waals surface area (Å²) in [7, 11) is 0. The number of para-hydroxylation sites is 1. The predicted octanol–water partition coefficient (Wildman–Crippen LogP) is 0.938. The minimum atomic E-state index is -0.602. The molecule has 23 heavy (non-hydrogen) atoms. The van der Waals surface area contributed by atoms with E-state index in [1.54, 1.807) is 18.2 Å². The van der Waals surface area contributed by atoms with Crippen LogP contribution in [0, 0.1) is 0 Å². The van der Waals surface area contributed by atoms with Gasteiger partial charge in [-0.3, -0.25) is 19.3 Å². The second-order valence-corrected chi connectivity index (χ2v) is 6.37. The van der Waals surface area contributed by atoms with Crippen LogP contribution in [0.15, 0.2) is 42.1 Å². The Morgan fingerprint density at radius 1 is 1.35 bits per heavy atom. The van der Waals surface area contributed by atoms with E-state index in [4.69, 9.17) is 4.74 Å². The number of allylic oxidation sites excluding steroid dienone is 1. The number of benzene rings is 1. The number of rotatable bonds is 5. The molecule has 6 nitrogen and oxygen atoms in total. The van der Waals surface area contributed by atoms with E-state index in [-0.39, 0.29) is 29.6 Å². The number of Topliss-reactive ketones (excluding diaryl/α,β-unsaturated/α-hetero) is 1. The van der Waals surface area contributed by atoms with E-state index in [0.717, 1.165) is 0 Å². The number of carbonyl (C=O) groups excluding carboxylic acids is 3. The molecular formula is C16H16N2O4S. The molecule has 1 N–H and O–H groups in total. The summed E-state index contributed by atoms with van der Waals surface area (Å²) in [6.07, 6.45) is 1.75. The Balaban J connectivity index is 1.55. The molecule has 1 aromatic carbocycles. The SMILES string of the molecule is CC(=O)C1=CCS[C@@H]2[C@H](NC(=O)COc3ccccc3)C(=O)N12. The maximum Gasteiger partial charge on any atom is 0.258 e. The first-order valence-corrected chi connectivity index (χ1v) is 8.26. The van der Waals surface area contributed by atoms with Gasteiger partial charge in [0.2, 0.25) is 0 Å². The molecule has 2 aliphatic rings. The summed E-state index contributed by atoms with van der Waals surface area (Å²) in [4.78, 5) is 37.1. The lowest BCUT2D eigenvalue weighted by Gasteiger charge is -2.48. The second kappa shape index (κ2) is 6.45. The number of nitrogens with zero attached hydrogens (tertiary/aromatic N) is 1. The van der Waals surface area contributed by atoms with Gasteiger partial charge in [0.15, 0.2) is 12.4 Å². The van der Waals surface area contributed by atoms with Crippen LogP contribution in [0.2, 0.25) is 0 Å². The summed E-state index contributed by atoms with van der Waals surface area (Å²) in [5.74, 6) is 0.498. The summed E-state index contributed by atoms with van der Waals surface area (Å²) in [5.41, 5.74) is 0.421. The van der Waals surface area contributed by atoms with Crippen molar-refractivity contribution in [1.29, 1.82) is 0 Å². The topological polar surface area (TPSA) is 75.7 Å². The molecule has 2 aliphatic heterocycles. The third-order valence-electron chi connectivity index (χ3n) is 3.64.